The number of aryl methyl sites for hydroxylation is 1. The molecule has 1 saturated heterocycles. The zero-order valence-corrected chi connectivity index (χ0v) is 15.2. The van der Waals surface area contributed by atoms with E-state index in [2.05, 4.69) is 33.7 Å². The zero-order chi connectivity index (χ0) is 18.5. The molecular weight excluding hydrogens is 326 g/mol. The van der Waals surface area contributed by atoms with Crippen LogP contribution in [-0.4, -0.2) is 40.6 Å². The Morgan fingerprint density at radius 3 is 2.77 bits per heavy atom. The predicted molar refractivity (Wildman–Crippen MR) is 99.5 cm³/mol. The lowest BCUT2D eigenvalue weighted by atomic mass is 10.1. The maximum absolute atomic E-state index is 12.3. The maximum Gasteiger partial charge on any atom is 0.223 e. The van der Waals surface area contributed by atoms with Gasteiger partial charge in [-0.1, -0.05) is 30.3 Å². The molecule has 6 heteroatoms. The monoisotopic (exact) mass is 349 g/mol. The van der Waals surface area contributed by atoms with Gasteiger partial charge in [0.1, 0.15) is 11.6 Å². The molecule has 0 spiro atoms. The van der Waals surface area contributed by atoms with Crippen molar-refractivity contribution in [1.82, 2.24) is 15.1 Å². The molecule has 0 aliphatic carbocycles. The van der Waals surface area contributed by atoms with Crippen molar-refractivity contribution in [2.45, 2.75) is 26.7 Å². The van der Waals surface area contributed by atoms with Gasteiger partial charge in [-0.15, -0.1) is 5.10 Å². The van der Waals surface area contributed by atoms with Crippen molar-refractivity contribution in [3.05, 3.63) is 52.7 Å². The number of nitrogens with zero attached hydrogens (tertiary/aromatic N) is 4. The van der Waals surface area contributed by atoms with Gasteiger partial charge in [-0.2, -0.15) is 10.4 Å². The molecule has 1 aliphatic heterocycles. The topological polar surface area (TPSA) is 81.9 Å². The average molecular weight is 349 g/mol. The van der Waals surface area contributed by atoms with Crippen LogP contribution in [0.5, 0.6) is 0 Å². The molecule has 1 aromatic heterocycles. The molecule has 6 nitrogen and oxygen atoms in total. The number of hydrogen-bond donors (Lipinski definition) is 1. The molecule has 1 N–H and O–H groups in total. The lowest BCUT2D eigenvalue weighted by molar-refractivity contribution is -0.127. The van der Waals surface area contributed by atoms with Crippen LogP contribution in [-0.2, 0) is 11.2 Å². The van der Waals surface area contributed by atoms with Gasteiger partial charge in [-0.25, -0.2) is 0 Å². The van der Waals surface area contributed by atoms with E-state index < -0.39 is 0 Å². The molecule has 2 heterocycles. The van der Waals surface area contributed by atoms with Crippen LogP contribution in [0.3, 0.4) is 0 Å². The van der Waals surface area contributed by atoms with E-state index >= 15 is 0 Å². The number of carbonyl (C=O) groups is 1. The molecule has 0 radical (unpaired) electrons. The molecule has 0 bridgehead atoms. The third-order valence-corrected chi connectivity index (χ3v) is 4.93. The van der Waals surface area contributed by atoms with Crippen molar-refractivity contribution in [1.29, 1.82) is 5.26 Å². The predicted octanol–water partition coefficient (Wildman–Crippen LogP) is 2.47. The van der Waals surface area contributed by atoms with Gasteiger partial charge in [0.15, 0.2) is 5.82 Å². The fourth-order valence-corrected chi connectivity index (χ4v) is 3.23. The average Bonchev–Trinajstić information content (AvgIpc) is 3.01. The number of nitriles is 1. The number of benzene rings is 1. The number of amides is 1. The van der Waals surface area contributed by atoms with Crippen LogP contribution in [0.15, 0.2) is 30.3 Å². The van der Waals surface area contributed by atoms with E-state index in [1.807, 2.05) is 36.9 Å². The molecule has 1 aliphatic rings. The Morgan fingerprint density at radius 1 is 1.27 bits per heavy atom. The summed E-state index contributed by atoms with van der Waals surface area (Å²) in [5.41, 5.74) is 3.38. The second kappa shape index (κ2) is 7.96. The van der Waals surface area contributed by atoms with Crippen LogP contribution in [0.1, 0.15) is 28.8 Å². The number of aromatic nitrogens is 2. The quantitative estimate of drug-likeness (QED) is 0.866. The third-order valence-electron chi connectivity index (χ3n) is 4.93. The summed E-state index contributed by atoms with van der Waals surface area (Å²) in [6, 6.07) is 12.4. The van der Waals surface area contributed by atoms with Gasteiger partial charge in [-0.05, 0) is 31.4 Å². The van der Waals surface area contributed by atoms with E-state index in [0.29, 0.717) is 24.3 Å². The number of hydrogen-bond acceptors (Lipinski definition) is 5. The highest BCUT2D eigenvalue weighted by molar-refractivity contribution is 5.78. The summed E-state index contributed by atoms with van der Waals surface area (Å²) in [6.45, 7) is 5.80. The minimum atomic E-state index is 0.194. The second-order valence-electron chi connectivity index (χ2n) is 6.77. The molecular formula is C20H23N5O. The summed E-state index contributed by atoms with van der Waals surface area (Å²) < 4.78 is 0. The van der Waals surface area contributed by atoms with Crippen molar-refractivity contribution in [3.8, 4) is 6.07 Å². The van der Waals surface area contributed by atoms with Gasteiger partial charge in [0.05, 0.1) is 5.69 Å². The molecule has 134 valence electrons. The fraction of sp³-hybridized carbons (Fsp3) is 0.400. The van der Waals surface area contributed by atoms with Crippen LogP contribution < -0.4 is 5.32 Å². The van der Waals surface area contributed by atoms with Crippen molar-refractivity contribution >= 4 is 11.7 Å². The molecule has 1 atom stereocenters. The summed E-state index contributed by atoms with van der Waals surface area (Å²) in [5, 5.41) is 20.8. The highest BCUT2D eigenvalue weighted by Gasteiger charge is 2.29. The summed E-state index contributed by atoms with van der Waals surface area (Å²) in [6.07, 6.45) is 1.40. The van der Waals surface area contributed by atoms with Crippen LogP contribution >= 0.6 is 0 Å². The minimum Gasteiger partial charge on any atom is -0.367 e. The van der Waals surface area contributed by atoms with E-state index in [9.17, 15) is 10.1 Å². The van der Waals surface area contributed by atoms with Crippen LogP contribution in [0, 0.1) is 31.1 Å². The number of nitrogens with one attached hydrogen (secondary N) is 1. The first kappa shape index (κ1) is 17.9. The van der Waals surface area contributed by atoms with E-state index in [4.69, 9.17) is 0 Å². The number of likely N-dealkylation sites (tertiary alicyclic amines) is 1. The second-order valence-corrected chi connectivity index (χ2v) is 6.77. The van der Waals surface area contributed by atoms with E-state index in [1.165, 1.54) is 5.56 Å². The molecule has 1 unspecified atom stereocenters. The summed E-state index contributed by atoms with van der Waals surface area (Å²) >= 11 is 0. The maximum atomic E-state index is 12.3. The standard InChI is InChI=1S/C20H23N5O/c1-14-15(2)23-24-20(18(14)11-21)22-12-17-10-19(26)25(13-17)9-8-16-6-4-3-5-7-16/h3-7,17H,8-10,12-13H2,1-2H3,(H,22,24). The zero-order valence-electron chi connectivity index (χ0n) is 15.2. The molecule has 26 heavy (non-hydrogen) atoms. The summed E-state index contributed by atoms with van der Waals surface area (Å²) in [4.78, 5) is 14.2. The highest BCUT2D eigenvalue weighted by Crippen LogP contribution is 2.21. The van der Waals surface area contributed by atoms with E-state index in [0.717, 1.165) is 30.8 Å². The largest absolute Gasteiger partial charge is 0.367 e. The molecule has 1 aromatic carbocycles. The Hall–Kier alpha value is -2.94. The Morgan fingerprint density at radius 2 is 2.04 bits per heavy atom. The fourth-order valence-electron chi connectivity index (χ4n) is 3.23. The van der Waals surface area contributed by atoms with Gasteiger partial charge in [0, 0.05) is 32.0 Å². The Bertz CT molecular complexity index is 828. The minimum absolute atomic E-state index is 0.194. The lowest BCUT2D eigenvalue weighted by Crippen LogP contribution is -2.28. The van der Waals surface area contributed by atoms with Crippen molar-refractivity contribution in [3.63, 3.8) is 0 Å². The number of anilines is 1. The molecule has 2 aromatic rings. The Labute approximate surface area is 153 Å². The van der Waals surface area contributed by atoms with Crippen molar-refractivity contribution in [2.75, 3.05) is 25.0 Å². The van der Waals surface area contributed by atoms with Crippen LogP contribution in [0.4, 0.5) is 5.82 Å². The highest BCUT2D eigenvalue weighted by atomic mass is 16.2. The first-order chi connectivity index (χ1) is 12.6. The Balaban J connectivity index is 1.55. The number of carbonyl (C=O) groups excluding carboxylic acids is 1. The van der Waals surface area contributed by atoms with E-state index in [-0.39, 0.29) is 11.8 Å². The smallest absolute Gasteiger partial charge is 0.223 e. The normalized spacial score (nSPS) is 16.6. The van der Waals surface area contributed by atoms with Gasteiger partial charge in [-0.3, -0.25) is 4.79 Å². The van der Waals surface area contributed by atoms with Crippen LogP contribution in [0.2, 0.25) is 0 Å². The summed E-state index contributed by atoms with van der Waals surface area (Å²) in [7, 11) is 0. The first-order valence-corrected chi connectivity index (χ1v) is 8.88. The van der Waals surface area contributed by atoms with Crippen LogP contribution in [0.25, 0.3) is 0 Å². The molecule has 1 amide bonds. The van der Waals surface area contributed by atoms with Crippen molar-refractivity contribution < 1.29 is 4.79 Å². The van der Waals surface area contributed by atoms with Gasteiger partial charge >= 0.3 is 0 Å². The molecule has 0 saturated carbocycles. The summed E-state index contributed by atoms with van der Waals surface area (Å²) in [5.74, 6) is 0.915. The lowest BCUT2D eigenvalue weighted by Gasteiger charge is -2.17. The van der Waals surface area contributed by atoms with Gasteiger partial charge < -0.3 is 10.2 Å². The first-order valence-electron chi connectivity index (χ1n) is 8.88. The molecule has 3 rings (SSSR count). The number of rotatable bonds is 6. The van der Waals surface area contributed by atoms with Crippen molar-refractivity contribution in [2.24, 2.45) is 5.92 Å². The molecule has 1 fully saturated rings. The Kier molecular flexibility index (Phi) is 5.47. The van der Waals surface area contributed by atoms with E-state index in [1.54, 1.807) is 0 Å². The van der Waals surface area contributed by atoms with Gasteiger partial charge in [0.25, 0.3) is 0 Å². The SMILES string of the molecule is Cc1nnc(NCC2CC(=O)N(CCc3ccccc3)C2)c(C#N)c1C. The third kappa shape index (κ3) is 3.99. The van der Waals surface area contributed by atoms with Gasteiger partial charge in [0.2, 0.25) is 5.91 Å².